The molecule has 0 aromatic heterocycles. The van der Waals surface area contributed by atoms with Crippen molar-refractivity contribution in [3.05, 3.63) is 0 Å². The van der Waals surface area contributed by atoms with Crippen molar-refractivity contribution in [3.63, 3.8) is 0 Å². The van der Waals surface area contributed by atoms with E-state index in [1.54, 1.807) is 0 Å². The second kappa shape index (κ2) is 17.4. The minimum absolute atomic E-state index is 0.699. The highest BCUT2D eigenvalue weighted by atomic mass is 16.8. The molecule has 2 amide bonds. The molecule has 0 bridgehead atoms. The van der Waals surface area contributed by atoms with Gasteiger partial charge in [0, 0.05) is 13.8 Å². The monoisotopic (exact) mass is 732 g/mol. The Kier molecular flexibility index (Phi) is 14.2. The predicted molar refractivity (Wildman–Crippen MR) is 156 cm³/mol. The number of aliphatic hydroxyl groups excluding tert-OH is 11. The Bertz CT molecular complexity index is 1120. The summed E-state index contributed by atoms with van der Waals surface area (Å²) in [6, 6.07) is -3.11. The van der Waals surface area contributed by atoms with E-state index in [1.165, 1.54) is 6.92 Å². The van der Waals surface area contributed by atoms with E-state index in [2.05, 4.69) is 10.6 Å². The average Bonchev–Trinajstić information content (AvgIpc) is 3.07. The zero-order valence-electron chi connectivity index (χ0n) is 27.3. The summed E-state index contributed by atoms with van der Waals surface area (Å²) >= 11 is 0. The van der Waals surface area contributed by atoms with Crippen molar-refractivity contribution < 1.29 is 98.9 Å². The lowest BCUT2D eigenvalue weighted by Crippen LogP contribution is -2.71. The summed E-state index contributed by atoms with van der Waals surface area (Å²) in [6.07, 6.45) is -30.0. The van der Waals surface area contributed by atoms with Crippen molar-refractivity contribution >= 4 is 11.8 Å². The average molecular weight is 733 g/mol. The molecule has 4 rings (SSSR count). The number of nitrogens with one attached hydrogen (secondary N) is 2. The van der Waals surface area contributed by atoms with Crippen LogP contribution in [0.3, 0.4) is 0 Å². The molecule has 1 unspecified atom stereocenters. The molecule has 4 fully saturated rings. The SMILES string of the molecule is CC(=O)N[C@H]1[C@H](O[C@H]2[C@H](O[C@@H]3O[C@@H](C)[C@@H](O)[C@@H](O)[C@@H]3O)[C@@H](NC(C)=O)C(O)O[C@@H]2CO)O[C@H](CO)[C@@H](O[C@@H]2O[C@H](CO)[C@@H](O)[C@H](O)[C@@H]2O)[C@@H]1O. The van der Waals surface area contributed by atoms with Crippen LogP contribution in [-0.2, 0) is 42.7 Å². The van der Waals surface area contributed by atoms with Crippen molar-refractivity contribution in [1.82, 2.24) is 10.6 Å². The lowest BCUT2D eigenvalue weighted by Gasteiger charge is -2.50. The van der Waals surface area contributed by atoms with Gasteiger partial charge in [-0.1, -0.05) is 0 Å². The summed E-state index contributed by atoms with van der Waals surface area (Å²) in [6.45, 7) is 0.985. The fraction of sp³-hybridized carbons (Fsp3) is 0.929. The first-order valence-electron chi connectivity index (χ1n) is 15.9. The first kappa shape index (κ1) is 41.0. The molecular weight excluding hydrogens is 684 g/mol. The maximum atomic E-state index is 12.3. The van der Waals surface area contributed by atoms with Gasteiger partial charge >= 0.3 is 0 Å². The number of hydrogen-bond donors (Lipinski definition) is 13. The lowest BCUT2D eigenvalue weighted by atomic mass is 9.93. The molecule has 0 radical (unpaired) electrons. The highest BCUT2D eigenvalue weighted by Gasteiger charge is 2.56. The third-order valence-electron chi connectivity index (χ3n) is 8.97. The van der Waals surface area contributed by atoms with E-state index < -0.39 is 154 Å². The first-order valence-corrected chi connectivity index (χ1v) is 15.9. The van der Waals surface area contributed by atoms with E-state index in [-0.39, 0.29) is 0 Å². The fourth-order valence-corrected chi connectivity index (χ4v) is 6.29. The zero-order valence-corrected chi connectivity index (χ0v) is 27.3. The van der Waals surface area contributed by atoms with Crippen LogP contribution in [0, 0.1) is 0 Å². The van der Waals surface area contributed by atoms with Gasteiger partial charge in [0.25, 0.3) is 0 Å². The van der Waals surface area contributed by atoms with Crippen LogP contribution in [0.15, 0.2) is 0 Å². The maximum absolute atomic E-state index is 12.3. The van der Waals surface area contributed by atoms with Crippen molar-refractivity contribution in [2.24, 2.45) is 0 Å². The number of hydrogen-bond acceptors (Lipinski definition) is 20. The van der Waals surface area contributed by atoms with Crippen LogP contribution in [0.2, 0.25) is 0 Å². The normalized spacial score (nSPS) is 48.5. The number of rotatable bonds is 11. The molecule has 0 spiro atoms. The molecule has 290 valence electrons. The Morgan fingerprint density at radius 3 is 1.54 bits per heavy atom. The molecule has 4 aliphatic heterocycles. The van der Waals surface area contributed by atoms with Crippen LogP contribution in [0.4, 0.5) is 0 Å². The Labute approximate surface area is 285 Å². The van der Waals surface area contributed by atoms with Gasteiger partial charge in [0.15, 0.2) is 25.2 Å². The number of ether oxygens (including phenoxy) is 7. The van der Waals surface area contributed by atoms with Gasteiger partial charge < -0.3 is 100.0 Å². The van der Waals surface area contributed by atoms with E-state index in [9.17, 15) is 65.8 Å². The molecule has 13 N–H and O–H groups in total. The predicted octanol–water partition coefficient (Wildman–Crippen LogP) is -8.43. The molecule has 4 heterocycles. The highest BCUT2D eigenvalue weighted by Crippen LogP contribution is 2.34. The van der Waals surface area contributed by atoms with E-state index in [4.69, 9.17) is 33.2 Å². The molecule has 0 aliphatic carbocycles. The zero-order chi connectivity index (χ0) is 37.2. The van der Waals surface area contributed by atoms with Gasteiger partial charge in [-0.25, -0.2) is 0 Å². The van der Waals surface area contributed by atoms with Crippen molar-refractivity contribution in [1.29, 1.82) is 0 Å². The summed E-state index contributed by atoms with van der Waals surface area (Å²) in [5.41, 5.74) is 0. The van der Waals surface area contributed by atoms with Crippen LogP contribution < -0.4 is 10.6 Å². The smallest absolute Gasteiger partial charge is 0.217 e. The van der Waals surface area contributed by atoms with Crippen LogP contribution in [-0.4, -0.2) is 211 Å². The van der Waals surface area contributed by atoms with Gasteiger partial charge in [0.1, 0.15) is 91.4 Å². The Hall–Kier alpha value is -1.78. The summed E-state index contributed by atoms with van der Waals surface area (Å²) in [5.74, 6) is -1.44. The third-order valence-corrected chi connectivity index (χ3v) is 8.97. The van der Waals surface area contributed by atoms with Crippen molar-refractivity contribution in [3.8, 4) is 0 Å². The molecule has 4 saturated heterocycles. The molecule has 0 saturated carbocycles. The quantitative estimate of drug-likeness (QED) is 0.0938. The molecule has 50 heavy (non-hydrogen) atoms. The van der Waals surface area contributed by atoms with Gasteiger partial charge in [0.2, 0.25) is 11.8 Å². The largest absolute Gasteiger partial charge is 0.394 e. The second-order valence-electron chi connectivity index (χ2n) is 12.6. The summed E-state index contributed by atoms with van der Waals surface area (Å²) in [4.78, 5) is 24.5. The van der Waals surface area contributed by atoms with Crippen molar-refractivity contribution in [2.45, 2.75) is 143 Å². The Balaban J connectivity index is 1.66. The molecule has 0 aromatic carbocycles. The molecule has 22 nitrogen and oxygen atoms in total. The first-order chi connectivity index (χ1) is 23.5. The topological polar surface area (TPSA) is 345 Å². The molecule has 20 atom stereocenters. The number of carbonyl (C=O) groups excluding carboxylic acids is 2. The Morgan fingerprint density at radius 2 is 0.980 bits per heavy atom. The van der Waals surface area contributed by atoms with Gasteiger partial charge in [-0.15, -0.1) is 0 Å². The van der Waals surface area contributed by atoms with Crippen LogP contribution >= 0.6 is 0 Å². The van der Waals surface area contributed by atoms with Crippen LogP contribution in [0.1, 0.15) is 20.8 Å². The summed E-state index contributed by atoms with van der Waals surface area (Å²) < 4.78 is 40.0. The maximum Gasteiger partial charge on any atom is 0.217 e. The number of aliphatic hydroxyl groups is 11. The summed E-state index contributed by atoms with van der Waals surface area (Å²) in [7, 11) is 0. The minimum Gasteiger partial charge on any atom is -0.394 e. The van der Waals surface area contributed by atoms with Gasteiger partial charge in [-0.2, -0.15) is 0 Å². The number of amides is 2. The Morgan fingerprint density at radius 1 is 0.520 bits per heavy atom. The fourth-order valence-electron chi connectivity index (χ4n) is 6.29. The van der Waals surface area contributed by atoms with E-state index in [0.29, 0.717) is 0 Å². The lowest BCUT2D eigenvalue weighted by molar-refractivity contribution is -0.373. The molecule has 22 heteroatoms. The van der Waals surface area contributed by atoms with Gasteiger partial charge in [0.05, 0.1) is 25.9 Å². The number of carbonyl (C=O) groups is 2. The van der Waals surface area contributed by atoms with E-state index >= 15 is 0 Å². The highest BCUT2D eigenvalue weighted by molar-refractivity contribution is 5.73. The van der Waals surface area contributed by atoms with Gasteiger partial charge in [-0.05, 0) is 6.92 Å². The summed E-state index contributed by atoms with van der Waals surface area (Å²) in [5, 5.41) is 119. The second-order valence-corrected chi connectivity index (χ2v) is 12.6. The molecule has 4 aliphatic rings. The standard InChI is InChI=1S/C28H48N2O20/c1-7-15(36)18(39)20(41)27(44-7)50-24-14(30-9(3)35)25(43)45-12(6-33)23(24)49-26-13(29-8(2)34)17(38)22(11(5-32)47-26)48-28-21(42)19(40)16(37)10(4-31)46-28/h7,10-28,31-33,36-43H,4-6H2,1-3H3,(H,29,34)(H,30,35)/t7-,10+,11+,12+,13+,14+,15+,16+,17+,18+,19-,20-,21-,22+,23+,24+,25?,26-,27-,28-/m0/s1. The van der Waals surface area contributed by atoms with E-state index in [1.807, 2.05) is 0 Å². The molecular formula is C28H48N2O20. The third kappa shape index (κ3) is 8.70. The van der Waals surface area contributed by atoms with Crippen molar-refractivity contribution in [2.75, 3.05) is 19.8 Å². The minimum atomic E-state index is -1.91. The van der Waals surface area contributed by atoms with E-state index in [0.717, 1.165) is 13.8 Å². The van der Waals surface area contributed by atoms with Gasteiger partial charge in [-0.3, -0.25) is 9.59 Å². The molecule has 0 aromatic rings. The van der Waals surface area contributed by atoms with Crippen LogP contribution in [0.5, 0.6) is 0 Å². The van der Waals surface area contributed by atoms with Crippen LogP contribution in [0.25, 0.3) is 0 Å².